The largest absolute Gasteiger partial charge is 0.333 e. The molecule has 0 amide bonds. The summed E-state index contributed by atoms with van der Waals surface area (Å²) in [5.74, 6) is 0.541. The molecular weight excluding hydrogens is 268 g/mol. The summed E-state index contributed by atoms with van der Waals surface area (Å²) in [6.07, 6.45) is 1.81. The predicted molar refractivity (Wildman–Crippen MR) is 74.0 cm³/mol. The summed E-state index contributed by atoms with van der Waals surface area (Å²) in [6.45, 7) is 4.00. The zero-order valence-corrected chi connectivity index (χ0v) is 11.3. The Morgan fingerprint density at radius 2 is 2.16 bits per heavy atom. The average molecular weight is 281 g/mol. The standard InChI is InChI=1S/C12H13ClN4O2/c1-8(2)16-7-6-11(15-16)14-10-5-3-4-9(13)12(10)17(18)19/h3-8H,1-2H3,(H,14,15). The first kappa shape index (κ1) is 13.4. The van der Waals surface area contributed by atoms with E-state index < -0.39 is 4.92 Å². The van der Waals surface area contributed by atoms with Gasteiger partial charge >= 0.3 is 5.69 Å². The van der Waals surface area contributed by atoms with Crippen molar-refractivity contribution in [2.75, 3.05) is 5.32 Å². The fourth-order valence-electron chi connectivity index (χ4n) is 1.63. The highest BCUT2D eigenvalue weighted by Crippen LogP contribution is 2.33. The van der Waals surface area contributed by atoms with E-state index in [4.69, 9.17) is 11.6 Å². The highest BCUT2D eigenvalue weighted by Gasteiger charge is 2.18. The number of hydrogen-bond donors (Lipinski definition) is 1. The number of nitrogens with zero attached hydrogens (tertiary/aromatic N) is 3. The quantitative estimate of drug-likeness (QED) is 0.683. The second-order valence-electron chi connectivity index (χ2n) is 4.29. The molecule has 1 aromatic carbocycles. The number of para-hydroxylation sites is 1. The summed E-state index contributed by atoms with van der Waals surface area (Å²) in [7, 11) is 0. The molecule has 2 aromatic rings. The molecule has 0 saturated carbocycles. The Kier molecular flexibility index (Phi) is 3.71. The molecule has 0 radical (unpaired) electrons. The maximum atomic E-state index is 11.0. The van der Waals surface area contributed by atoms with Crippen molar-refractivity contribution >= 4 is 28.8 Å². The van der Waals surface area contributed by atoms with E-state index in [2.05, 4.69) is 10.4 Å². The van der Waals surface area contributed by atoms with E-state index >= 15 is 0 Å². The number of nitro groups is 1. The molecular formula is C12H13ClN4O2. The summed E-state index contributed by atoms with van der Waals surface area (Å²) in [5, 5.41) is 18.3. The van der Waals surface area contributed by atoms with Gasteiger partial charge in [-0.2, -0.15) is 5.10 Å². The minimum Gasteiger partial charge on any atom is -0.333 e. The van der Waals surface area contributed by atoms with Crippen molar-refractivity contribution < 1.29 is 4.92 Å². The van der Waals surface area contributed by atoms with Crippen molar-refractivity contribution in [3.63, 3.8) is 0 Å². The van der Waals surface area contributed by atoms with Crippen LogP contribution in [0.15, 0.2) is 30.5 Å². The molecule has 0 saturated heterocycles. The molecule has 0 aliphatic carbocycles. The van der Waals surface area contributed by atoms with Crippen molar-refractivity contribution in [2.24, 2.45) is 0 Å². The zero-order chi connectivity index (χ0) is 14.0. The Morgan fingerprint density at radius 3 is 2.74 bits per heavy atom. The van der Waals surface area contributed by atoms with Gasteiger partial charge in [-0.15, -0.1) is 0 Å². The van der Waals surface area contributed by atoms with Crippen LogP contribution in [0.2, 0.25) is 5.02 Å². The van der Waals surface area contributed by atoms with Crippen LogP contribution in [0.5, 0.6) is 0 Å². The number of halogens is 1. The minimum atomic E-state index is -0.510. The lowest BCUT2D eigenvalue weighted by molar-refractivity contribution is -0.383. The molecule has 1 aromatic heterocycles. The molecule has 0 fully saturated rings. The molecule has 0 aliphatic rings. The van der Waals surface area contributed by atoms with E-state index in [1.54, 1.807) is 22.9 Å². The van der Waals surface area contributed by atoms with Gasteiger partial charge in [-0.25, -0.2) is 0 Å². The first-order valence-electron chi connectivity index (χ1n) is 5.74. The third-order valence-corrected chi connectivity index (χ3v) is 2.87. The van der Waals surface area contributed by atoms with Crippen molar-refractivity contribution in [3.05, 3.63) is 45.6 Å². The predicted octanol–water partition coefficient (Wildman–Crippen LogP) is 3.77. The molecule has 1 heterocycles. The van der Waals surface area contributed by atoms with Crippen LogP contribution in [-0.4, -0.2) is 14.7 Å². The smallest absolute Gasteiger partial charge is 0.311 e. The number of hydrogen-bond acceptors (Lipinski definition) is 4. The molecule has 0 aliphatic heterocycles. The second kappa shape index (κ2) is 5.27. The third-order valence-electron chi connectivity index (χ3n) is 2.57. The molecule has 0 unspecified atom stereocenters. The first-order chi connectivity index (χ1) is 8.99. The van der Waals surface area contributed by atoms with Crippen LogP contribution in [0.25, 0.3) is 0 Å². The van der Waals surface area contributed by atoms with E-state index in [0.717, 1.165) is 0 Å². The monoisotopic (exact) mass is 280 g/mol. The van der Waals surface area contributed by atoms with Gasteiger partial charge in [0.05, 0.1) is 4.92 Å². The van der Waals surface area contributed by atoms with Gasteiger partial charge in [0.15, 0.2) is 5.82 Å². The molecule has 6 nitrogen and oxygen atoms in total. The van der Waals surface area contributed by atoms with Crippen LogP contribution in [0.1, 0.15) is 19.9 Å². The number of anilines is 2. The van der Waals surface area contributed by atoms with Crippen LogP contribution in [0.3, 0.4) is 0 Å². The Balaban J connectivity index is 2.32. The number of rotatable bonds is 4. The van der Waals surface area contributed by atoms with Gasteiger partial charge in [0, 0.05) is 18.3 Å². The summed E-state index contributed by atoms with van der Waals surface area (Å²) in [5.41, 5.74) is 0.176. The van der Waals surface area contributed by atoms with Crippen LogP contribution in [0.4, 0.5) is 17.2 Å². The van der Waals surface area contributed by atoms with E-state index in [0.29, 0.717) is 11.5 Å². The second-order valence-corrected chi connectivity index (χ2v) is 4.70. The van der Waals surface area contributed by atoms with E-state index in [1.165, 1.54) is 6.07 Å². The van der Waals surface area contributed by atoms with Gasteiger partial charge in [-0.1, -0.05) is 17.7 Å². The Morgan fingerprint density at radius 1 is 1.42 bits per heavy atom. The lowest BCUT2D eigenvalue weighted by atomic mass is 10.2. The number of benzene rings is 1. The number of aromatic nitrogens is 2. The zero-order valence-electron chi connectivity index (χ0n) is 10.5. The van der Waals surface area contributed by atoms with Crippen molar-refractivity contribution in [1.82, 2.24) is 9.78 Å². The van der Waals surface area contributed by atoms with Crippen LogP contribution < -0.4 is 5.32 Å². The summed E-state index contributed by atoms with van der Waals surface area (Å²) in [6, 6.07) is 6.71. The lowest BCUT2D eigenvalue weighted by Crippen LogP contribution is -2.02. The summed E-state index contributed by atoms with van der Waals surface area (Å²) < 4.78 is 1.76. The Labute approximate surface area is 115 Å². The maximum absolute atomic E-state index is 11.0. The molecule has 100 valence electrons. The van der Waals surface area contributed by atoms with Crippen molar-refractivity contribution in [3.8, 4) is 0 Å². The van der Waals surface area contributed by atoms with Gasteiger partial charge in [0.1, 0.15) is 10.7 Å². The van der Waals surface area contributed by atoms with Gasteiger partial charge in [0.2, 0.25) is 0 Å². The van der Waals surface area contributed by atoms with Crippen LogP contribution in [0, 0.1) is 10.1 Å². The van der Waals surface area contributed by atoms with Gasteiger partial charge < -0.3 is 5.32 Å². The van der Waals surface area contributed by atoms with E-state index in [-0.39, 0.29) is 16.8 Å². The number of nitro benzene ring substituents is 1. The Bertz CT molecular complexity index is 610. The lowest BCUT2D eigenvalue weighted by Gasteiger charge is -2.06. The van der Waals surface area contributed by atoms with Crippen molar-refractivity contribution in [2.45, 2.75) is 19.9 Å². The molecule has 7 heteroatoms. The Hall–Kier alpha value is -2.08. The van der Waals surface area contributed by atoms with Gasteiger partial charge in [0.25, 0.3) is 0 Å². The number of nitrogens with one attached hydrogen (secondary N) is 1. The summed E-state index contributed by atoms with van der Waals surface area (Å²) in [4.78, 5) is 10.5. The molecule has 0 spiro atoms. The first-order valence-corrected chi connectivity index (χ1v) is 6.12. The minimum absolute atomic E-state index is 0.0956. The summed E-state index contributed by atoms with van der Waals surface area (Å²) >= 11 is 5.84. The van der Waals surface area contributed by atoms with Crippen LogP contribution >= 0.6 is 11.6 Å². The fourth-order valence-corrected chi connectivity index (χ4v) is 1.88. The molecule has 19 heavy (non-hydrogen) atoms. The third kappa shape index (κ3) is 2.85. The highest BCUT2D eigenvalue weighted by atomic mass is 35.5. The molecule has 0 atom stereocenters. The highest BCUT2D eigenvalue weighted by molar-refractivity contribution is 6.33. The van der Waals surface area contributed by atoms with Crippen molar-refractivity contribution in [1.29, 1.82) is 0 Å². The molecule has 0 bridgehead atoms. The van der Waals surface area contributed by atoms with E-state index in [9.17, 15) is 10.1 Å². The van der Waals surface area contributed by atoms with Gasteiger partial charge in [-0.05, 0) is 26.0 Å². The van der Waals surface area contributed by atoms with E-state index in [1.807, 2.05) is 20.0 Å². The average Bonchev–Trinajstić information content (AvgIpc) is 2.77. The normalized spacial score (nSPS) is 10.7. The van der Waals surface area contributed by atoms with Crippen LogP contribution in [-0.2, 0) is 0 Å². The van der Waals surface area contributed by atoms with Gasteiger partial charge in [-0.3, -0.25) is 14.8 Å². The topological polar surface area (TPSA) is 73.0 Å². The molecule has 1 N–H and O–H groups in total. The molecule has 2 rings (SSSR count). The SMILES string of the molecule is CC(C)n1ccc(Nc2cccc(Cl)c2[N+](=O)[O-])n1. The maximum Gasteiger partial charge on any atom is 0.311 e. The fraction of sp³-hybridized carbons (Fsp3) is 0.250.